The maximum Gasteiger partial charge on any atom is 0.341 e. The first-order valence-corrected chi connectivity index (χ1v) is 14.5. The van der Waals surface area contributed by atoms with E-state index in [1.54, 1.807) is 35.3 Å². The first-order valence-electron chi connectivity index (χ1n) is 13.7. The molecule has 0 amide bonds. The van der Waals surface area contributed by atoms with Crippen molar-refractivity contribution in [1.29, 1.82) is 0 Å². The Balaban J connectivity index is 1.36. The molecule has 0 unspecified atom stereocenters. The SMILES string of the molecule is CN(C)C1CN(c2ccc(-n3cc(C(=O)O)c(=O)c4cc(Cl)c(N5CCC[C@@H]5COc5cnccc5Cl)cc43)cn2)C1. The maximum absolute atomic E-state index is 13.2. The number of anilines is 2. The summed E-state index contributed by atoms with van der Waals surface area (Å²) in [7, 11) is 4.13. The fraction of sp³-hybridized carbons (Fsp3) is 0.333. The van der Waals surface area contributed by atoms with Crippen LogP contribution in [0.25, 0.3) is 16.6 Å². The van der Waals surface area contributed by atoms with Crippen LogP contribution in [0.15, 0.2) is 59.9 Å². The second-order valence-electron chi connectivity index (χ2n) is 10.9. The van der Waals surface area contributed by atoms with E-state index in [1.807, 2.05) is 18.2 Å². The van der Waals surface area contributed by atoms with Crippen LogP contribution in [0, 0.1) is 0 Å². The van der Waals surface area contributed by atoms with Crippen molar-refractivity contribution in [2.75, 3.05) is 50.1 Å². The van der Waals surface area contributed by atoms with Gasteiger partial charge in [-0.05, 0) is 57.3 Å². The quantitative estimate of drug-likeness (QED) is 0.308. The fourth-order valence-corrected chi connectivity index (χ4v) is 6.01. The Morgan fingerprint density at radius 3 is 2.64 bits per heavy atom. The lowest BCUT2D eigenvalue weighted by atomic mass is 10.1. The standard InChI is InChI=1S/C30H30Cl2N6O4/c1-35(2)20-14-36(15-20)28-6-5-18(12-34-28)38-16-22(30(40)41)29(39)21-10-24(32)26(11-25(21)38)37-9-3-4-19(37)17-42-27-13-33-8-7-23(27)31/h5-8,10-13,16,19-20H,3-4,9,14-15,17H2,1-2H3,(H,40,41)/t19-/m1/s1. The van der Waals surface area contributed by atoms with Crippen LogP contribution >= 0.6 is 23.2 Å². The van der Waals surface area contributed by atoms with Crippen molar-refractivity contribution in [2.24, 2.45) is 0 Å². The highest BCUT2D eigenvalue weighted by Gasteiger charge is 2.30. The number of rotatable bonds is 8. The van der Waals surface area contributed by atoms with Crippen molar-refractivity contribution in [2.45, 2.75) is 24.9 Å². The average molecular weight is 610 g/mol. The normalized spacial score (nSPS) is 17.2. The number of pyridine rings is 3. The first-order chi connectivity index (χ1) is 20.2. The number of hydrogen-bond donors (Lipinski definition) is 1. The van der Waals surface area contributed by atoms with Crippen molar-refractivity contribution >= 4 is 51.6 Å². The summed E-state index contributed by atoms with van der Waals surface area (Å²) in [5.41, 5.74) is 0.986. The van der Waals surface area contributed by atoms with Gasteiger partial charge in [0.05, 0.1) is 45.4 Å². The zero-order valence-electron chi connectivity index (χ0n) is 23.2. The van der Waals surface area contributed by atoms with Crippen molar-refractivity contribution in [3.05, 3.63) is 81.0 Å². The lowest BCUT2D eigenvalue weighted by Gasteiger charge is -2.43. The molecular formula is C30H30Cl2N6O4. The minimum absolute atomic E-state index is 0.0122. The van der Waals surface area contributed by atoms with Crippen LogP contribution in [0.5, 0.6) is 5.75 Å². The number of halogens is 2. The molecule has 10 nitrogen and oxygen atoms in total. The molecule has 6 rings (SSSR count). The van der Waals surface area contributed by atoms with Gasteiger partial charge in [0.2, 0.25) is 5.43 Å². The third-order valence-corrected chi connectivity index (χ3v) is 8.70. The van der Waals surface area contributed by atoms with Crippen LogP contribution in [0.1, 0.15) is 23.2 Å². The van der Waals surface area contributed by atoms with Gasteiger partial charge in [-0.1, -0.05) is 23.2 Å². The number of nitrogens with zero attached hydrogens (tertiary/aromatic N) is 6. The third kappa shape index (κ3) is 5.26. The summed E-state index contributed by atoms with van der Waals surface area (Å²) in [6, 6.07) is 9.40. The lowest BCUT2D eigenvalue weighted by molar-refractivity contribution is 0.0695. The van der Waals surface area contributed by atoms with Gasteiger partial charge in [-0.25, -0.2) is 9.78 Å². The number of carboxylic acids is 1. The molecule has 0 saturated carbocycles. The number of carbonyl (C=O) groups is 1. The molecule has 4 aromatic rings. The minimum Gasteiger partial charge on any atom is -0.488 e. The molecule has 218 valence electrons. The van der Waals surface area contributed by atoms with Gasteiger partial charge in [-0.2, -0.15) is 0 Å². The van der Waals surface area contributed by atoms with Crippen LogP contribution in [-0.4, -0.2) is 82.9 Å². The van der Waals surface area contributed by atoms with E-state index in [2.05, 4.69) is 38.8 Å². The molecule has 2 fully saturated rings. The van der Waals surface area contributed by atoms with E-state index in [9.17, 15) is 14.7 Å². The van der Waals surface area contributed by atoms with Crippen molar-refractivity contribution < 1.29 is 14.6 Å². The summed E-state index contributed by atoms with van der Waals surface area (Å²) in [6.45, 7) is 2.90. The first kappa shape index (κ1) is 28.3. The monoisotopic (exact) mass is 608 g/mol. The minimum atomic E-state index is -1.30. The summed E-state index contributed by atoms with van der Waals surface area (Å²) in [6.07, 6.45) is 8.08. The lowest BCUT2D eigenvalue weighted by Crippen LogP contribution is -2.57. The van der Waals surface area contributed by atoms with E-state index in [0.29, 0.717) is 39.6 Å². The molecular weight excluding hydrogens is 579 g/mol. The van der Waals surface area contributed by atoms with E-state index < -0.39 is 11.4 Å². The molecule has 1 atom stereocenters. The van der Waals surface area contributed by atoms with Crippen molar-refractivity contribution in [3.63, 3.8) is 0 Å². The molecule has 0 aliphatic carbocycles. The number of carboxylic acid groups (broad SMARTS) is 1. The second-order valence-corrected chi connectivity index (χ2v) is 11.7. The van der Waals surface area contributed by atoms with Gasteiger partial charge in [0.15, 0.2) is 5.75 Å². The Labute approximate surface area is 252 Å². The Kier molecular flexibility index (Phi) is 7.69. The van der Waals surface area contributed by atoms with Gasteiger partial charge < -0.3 is 29.1 Å². The smallest absolute Gasteiger partial charge is 0.341 e. The summed E-state index contributed by atoms with van der Waals surface area (Å²) < 4.78 is 7.70. The molecule has 0 bridgehead atoms. The van der Waals surface area contributed by atoms with Crippen LogP contribution in [0.3, 0.4) is 0 Å². The molecule has 2 aliphatic heterocycles. The predicted molar refractivity (Wildman–Crippen MR) is 164 cm³/mol. The van der Waals surface area contributed by atoms with Gasteiger partial charge in [0.1, 0.15) is 18.0 Å². The summed E-state index contributed by atoms with van der Waals surface area (Å²) in [5.74, 6) is 0.0525. The molecule has 5 heterocycles. The highest BCUT2D eigenvalue weighted by molar-refractivity contribution is 6.34. The van der Waals surface area contributed by atoms with E-state index >= 15 is 0 Å². The van der Waals surface area contributed by atoms with Crippen LogP contribution < -0.4 is 20.0 Å². The predicted octanol–water partition coefficient (Wildman–Crippen LogP) is 4.58. The molecule has 0 radical (unpaired) electrons. The number of ether oxygens (including phenoxy) is 1. The zero-order chi connectivity index (χ0) is 29.5. The number of benzene rings is 1. The van der Waals surface area contributed by atoms with Gasteiger partial charge >= 0.3 is 5.97 Å². The molecule has 3 aromatic heterocycles. The molecule has 0 spiro atoms. The van der Waals surface area contributed by atoms with E-state index in [-0.39, 0.29) is 17.0 Å². The van der Waals surface area contributed by atoms with Crippen LogP contribution in [0.4, 0.5) is 11.5 Å². The van der Waals surface area contributed by atoms with E-state index in [4.69, 9.17) is 27.9 Å². The van der Waals surface area contributed by atoms with E-state index in [0.717, 1.165) is 44.0 Å². The highest BCUT2D eigenvalue weighted by atomic mass is 35.5. The Morgan fingerprint density at radius 1 is 1.14 bits per heavy atom. The Morgan fingerprint density at radius 2 is 1.95 bits per heavy atom. The average Bonchev–Trinajstić information content (AvgIpc) is 3.40. The van der Waals surface area contributed by atoms with Crippen LogP contribution in [-0.2, 0) is 0 Å². The number of likely N-dealkylation sites (N-methyl/N-ethyl adjacent to an activating group) is 1. The molecule has 2 saturated heterocycles. The van der Waals surface area contributed by atoms with Crippen LogP contribution in [0.2, 0.25) is 10.0 Å². The summed E-state index contributed by atoms with van der Waals surface area (Å²) in [4.78, 5) is 40.6. The van der Waals surface area contributed by atoms with Crippen molar-refractivity contribution in [1.82, 2.24) is 19.4 Å². The number of fused-ring (bicyclic) bond motifs is 1. The molecule has 42 heavy (non-hydrogen) atoms. The zero-order valence-corrected chi connectivity index (χ0v) is 24.7. The Hall–Kier alpha value is -3.86. The van der Waals surface area contributed by atoms with Gasteiger partial charge in [-0.15, -0.1) is 0 Å². The second kappa shape index (κ2) is 11.4. The molecule has 12 heteroatoms. The van der Waals surface area contributed by atoms with Gasteiger partial charge in [0, 0.05) is 43.5 Å². The van der Waals surface area contributed by atoms with E-state index in [1.165, 1.54) is 6.20 Å². The summed E-state index contributed by atoms with van der Waals surface area (Å²) >= 11 is 13.0. The van der Waals surface area contributed by atoms with Crippen molar-refractivity contribution in [3.8, 4) is 11.4 Å². The van der Waals surface area contributed by atoms with Gasteiger partial charge in [-0.3, -0.25) is 9.78 Å². The topological polar surface area (TPSA) is 104 Å². The Bertz CT molecular complexity index is 1710. The van der Waals surface area contributed by atoms with Gasteiger partial charge in [0.25, 0.3) is 0 Å². The summed E-state index contributed by atoms with van der Waals surface area (Å²) in [5, 5.41) is 10.9. The molecule has 2 aliphatic rings. The number of aromatic nitrogens is 3. The number of hydrogen-bond acceptors (Lipinski definition) is 8. The number of aromatic carboxylic acids is 1. The maximum atomic E-state index is 13.2. The highest BCUT2D eigenvalue weighted by Crippen LogP contribution is 2.36. The third-order valence-electron chi connectivity index (χ3n) is 8.08. The largest absolute Gasteiger partial charge is 0.488 e. The molecule has 1 N–H and O–H groups in total. The molecule has 1 aromatic carbocycles. The fourth-order valence-electron chi connectivity index (χ4n) is 5.58.